The highest BCUT2D eigenvalue weighted by molar-refractivity contribution is 5.93. The molecule has 2 heterocycles. The standard InChI is InChI=1S/C25H21N7/c26-22-24(30-21-15-7-9-18-10-8-16-27-23(18)21)28-17-29-25(22)31-32(19-11-3-1-4-12-19)20-13-5-2-6-14-20/h1-17H,26H2,(H2,28,29,30,31). The minimum atomic E-state index is 0.400. The first-order valence-corrected chi connectivity index (χ1v) is 10.2. The highest BCUT2D eigenvalue weighted by Gasteiger charge is 2.15. The summed E-state index contributed by atoms with van der Waals surface area (Å²) in [5, 5.41) is 6.27. The number of anilines is 6. The van der Waals surface area contributed by atoms with Crippen LogP contribution < -0.4 is 21.5 Å². The van der Waals surface area contributed by atoms with Crippen molar-refractivity contribution in [1.29, 1.82) is 0 Å². The maximum atomic E-state index is 6.48. The van der Waals surface area contributed by atoms with E-state index in [-0.39, 0.29) is 0 Å². The van der Waals surface area contributed by atoms with Gasteiger partial charge >= 0.3 is 0 Å². The summed E-state index contributed by atoms with van der Waals surface area (Å²) in [5.74, 6) is 0.991. The van der Waals surface area contributed by atoms with Gasteiger partial charge in [0.25, 0.3) is 0 Å². The van der Waals surface area contributed by atoms with Gasteiger partial charge in [0.1, 0.15) is 12.0 Å². The molecule has 32 heavy (non-hydrogen) atoms. The molecule has 5 aromatic rings. The van der Waals surface area contributed by atoms with Gasteiger partial charge in [-0.05, 0) is 36.4 Å². The second-order valence-corrected chi connectivity index (χ2v) is 7.11. The van der Waals surface area contributed by atoms with E-state index in [2.05, 4.69) is 25.7 Å². The third-order valence-corrected chi connectivity index (χ3v) is 5.02. The molecule has 0 bridgehead atoms. The Balaban J connectivity index is 1.50. The SMILES string of the molecule is Nc1c(Nc2cccc3cccnc23)ncnc1NN(c1ccccc1)c1ccccc1. The van der Waals surface area contributed by atoms with E-state index in [0.717, 1.165) is 28.0 Å². The number of hydrogen-bond donors (Lipinski definition) is 3. The first-order valence-electron chi connectivity index (χ1n) is 10.2. The molecule has 0 saturated carbocycles. The number of rotatable bonds is 6. The minimum Gasteiger partial charge on any atom is -0.393 e. The Labute approximate surface area is 185 Å². The predicted octanol–water partition coefficient (Wildman–Crippen LogP) is 5.52. The van der Waals surface area contributed by atoms with Crippen LogP contribution in [0.5, 0.6) is 0 Å². The average Bonchev–Trinajstić information content (AvgIpc) is 2.86. The number of nitrogens with zero attached hydrogens (tertiary/aromatic N) is 4. The molecule has 0 atom stereocenters. The zero-order chi connectivity index (χ0) is 21.8. The maximum Gasteiger partial charge on any atom is 0.173 e. The third kappa shape index (κ3) is 3.87. The van der Waals surface area contributed by atoms with Gasteiger partial charge in [-0.1, -0.05) is 54.6 Å². The highest BCUT2D eigenvalue weighted by Crippen LogP contribution is 2.32. The molecular formula is C25H21N7. The normalized spacial score (nSPS) is 10.6. The number of hydrogen-bond acceptors (Lipinski definition) is 7. The first kappa shape index (κ1) is 19.3. The molecule has 156 valence electrons. The van der Waals surface area contributed by atoms with Crippen molar-refractivity contribution in [2.24, 2.45) is 0 Å². The van der Waals surface area contributed by atoms with Gasteiger partial charge in [0.15, 0.2) is 11.6 Å². The maximum absolute atomic E-state index is 6.48. The number of nitrogens with two attached hydrogens (primary N) is 1. The summed E-state index contributed by atoms with van der Waals surface area (Å²) in [6.45, 7) is 0. The van der Waals surface area contributed by atoms with Crippen LogP contribution in [0.1, 0.15) is 0 Å². The van der Waals surface area contributed by atoms with Crippen LogP contribution in [0.15, 0.2) is 104 Å². The number of nitrogens with one attached hydrogen (secondary N) is 2. The molecule has 0 radical (unpaired) electrons. The second kappa shape index (κ2) is 8.61. The van der Waals surface area contributed by atoms with Crippen LogP contribution >= 0.6 is 0 Å². The first-order chi connectivity index (χ1) is 15.8. The number of aromatic nitrogens is 3. The fraction of sp³-hybridized carbons (Fsp3) is 0. The van der Waals surface area contributed by atoms with E-state index >= 15 is 0 Å². The molecule has 5 rings (SSSR count). The largest absolute Gasteiger partial charge is 0.393 e. The molecule has 4 N–H and O–H groups in total. The lowest BCUT2D eigenvalue weighted by Gasteiger charge is -2.26. The Morgan fingerprint density at radius 2 is 1.31 bits per heavy atom. The lowest BCUT2D eigenvalue weighted by Crippen LogP contribution is -2.26. The van der Waals surface area contributed by atoms with E-state index < -0.39 is 0 Å². The van der Waals surface area contributed by atoms with Crippen LogP contribution in [0.4, 0.5) is 34.4 Å². The van der Waals surface area contributed by atoms with Crippen molar-refractivity contribution < 1.29 is 0 Å². The summed E-state index contributed by atoms with van der Waals surface area (Å²) in [6.07, 6.45) is 3.25. The summed E-state index contributed by atoms with van der Waals surface area (Å²) in [4.78, 5) is 13.2. The molecule has 0 unspecified atom stereocenters. The summed E-state index contributed by atoms with van der Waals surface area (Å²) in [7, 11) is 0. The smallest absolute Gasteiger partial charge is 0.173 e. The van der Waals surface area contributed by atoms with Crippen LogP contribution in [-0.2, 0) is 0 Å². The average molecular weight is 419 g/mol. The zero-order valence-corrected chi connectivity index (χ0v) is 17.2. The highest BCUT2D eigenvalue weighted by atomic mass is 15.5. The number of para-hydroxylation sites is 3. The van der Waals surface area contributed by atoms with Crippen molar-refractivity contribution >= 4 is 45.3 Å². The zero-order valence-electron chi connectivity index (χ0n) is 17.2. The Hall–Kier alpha value is -4.65. The van der Waals surface area contributed by atoms with E-state index in [4.69, 9.17) is 5.73 Å². The molecule has 2 aromatic heterocycles. The number of pyridine rings is 1. The predicted molar refractivity (Wildman–Crippen MR) is 130 cm³/mol. The van der Waals surface area contributed by atoms with E-state index in [1.54, 1.807) is 6.20 Å². The van der Waals surface area contributed by atoms with Crippen molar-refractivity contribution in [3.05, 3.63) is 104 Å². The molecule has 7 heteroatoms. The molecule has 0 amide bonds. The molecule has 0 aliphatic carbocycles. The lowest BCUT2D eigenvalue weighted by molar-refractivity contribution is 1.09. The van der Waals surface area contributed by atoms with Gasteiger partial charge in [0.05, 0.1) is 22.6 Å². The van der Waals surface area contributed by atoms with Gasteiger partial charge in [-0.15, -0.1) is 0 Å². The summed E-state index contributed by atoms with van der Waals surface area (Å²) in [5.41, 5.74) is 13.8. The third-order valence-electron chi connectivity index (χ3n) is 5.02. The molecule has 0 spiro atoms. The van der Waals surface area contributed by atoms with Crippen LogP contribution in [-0.4, -0.2) is 15.0 Å². The van der Waals surface area contributed by atoms with Gasteiger partial charge < -0.3 is 11.1 Å². The summed E-state index contributed by atoms with van der Waals surface area (Å²) in [6, 6.07) is 29.8. The Morgan fingerprint density at radius 1 is 0.656 bits per heavy atom. The van der Waals surface area contributed by atoms with Gasteiger partial charge in [-0.25, -0.2) is 9.97 Å². The summed E-state index contributed by atoms with van der Waals surface area (Å²) >= 11 is 0. The van der Waals surface area contributed by atoms with Crippen LogP contribution in [0.2, 0.25) is 0 Å². The topological polar surface area (TPSA) is 92.0 Å². The number of benzene rings is 3. The van der Waals surface area contributed by atoms with Crippen molar-refractivity contribution in [3.8, 4) is 0 Å². The molecule has 7 nitrogen and oxygen atoms in total. The van der Waals surface area contributed by atoms with E-state index in [1.807, 2.05) is 96.0 Å². The molecule has 0 aliphatic heterocycles. The van der Waals surface area contributed by atoms with Crippen molar-refractivity contribution in [3.63, 3.8) is 0 Å². The number of nitrogen functional groups attached to an aromatic ring is 1. The van der Waals surface area contributed by atoms with Crippen molar-refractivity contribution in [1.82, 2.24) is 15.0 Å². The van der Waals surface area contributed by atoms with Crippen molar-refractivity contribution in [2.45, 2.75) is 0 Å². The number of hydrazine groups is 1. The van der Waals surface area contributed by atoms with Gasteiger partial charge in [-0.2, -0.15) is 0 Å². The fourth-order valence-electron chi connectivity index (χ4n) is 3.46. The quantitative estimate of drug-likeness (QED) is 0.312. The van der Waals surface area contributed by atoms with Crippen LogP contribution in [0.3, 0.4) is 0 Å². The summed E-state index contributed by atoms with van der Waals surface area (Å²) < 4.78 is 0. The number of fused-ring (bicyclic) bond motifs is 1. The molecule has 3 aromatic carbocycles. The molecule has 0 saturated heterocycles. The van der Waals surface area contributed by atoms with E-state index in [9.17, 15) is 0 Å². The van der Waals surface area contributed by atoms with Crippen LogP contribution in [0, 0.1) is 0 Å². The molecule has 0 fully saturated rings. The van der Waals surface area contributed by atoms with Crippen LogP contribution in [0.25, 0.3) is 10.9 Å². The lowest BCUT2D eigenvalue weighted by atomic mass is 10.2. The van der Waals surface area contributed by atoms with E-state index in [1.165, 1.54) is 6.33 Å². The molecular weight excluding hydrogens is 398 g/mol. The van der Waals surface area contributed by atoms with Gasteiger partial charge in [-0.3, -0.25) is 15.4 Å². The molecule has 0 aliphatic rings. The fourth-order valence-corrected chi connectivity index (χ4v) is 3.46. The second-order valence-electron chi connectivity index (χ2n) is 7.11. The minimum absolute atomic E-state index is 0.400. The monoisotopic (exact) mass is 419 g/mol. The van der Waals surface area contributed by atoms with Crippen molar-refractivity contribution in [2.75, 3.05) is 21.5 Å². The van der Waals surface area contributed by atoms with Gasteiger partial charge in [0.2, 0.25) is 0 Å². The van der Waals surface area contributed by atoms with E-state index in [0.29, 0.717) is 17.3 Å². The Morgan fingerprint density at radius 3 is 2.03 bits per heavy atom. The van der Waals surface area contributed by atoms with Gasteiger partial charge in [0, 0.05) is 11.6 Å². The Kier molecular flexibility index (Phi) is 5.20. The Bertz CT molecular complexity index is 1300.